The van der Waals surface area contributed by atoms with E-state index in [-0.39, 0.29) is 0 Å². The van der Waals surface area contributed by atoms with Crippen molar-refractivity contribution in [3.05, 3.63) is 53.5 Å². The van der Waals surface area contributed by atoms with E-state index in [9.17, 15) is 0 Å². The molecule has 0 aromatic heterocycles. The van der Waals surface area contributed by atoms with Crippen LogP contribution in [0.1, 0.15) is 57.7 Å². The molecule has 0 spiro atoms. The molecule has 0 saturated heterocycles. The summed E-state index contributed by atoms with van der Waals surface area (Å²) in [6.45, 7) is 23.8. The molecule has 0 radical (unpaired) electrons. The lowest BCUT2D eigenvalue weighted by Gasteiger charge is -2.11. The van der Waals surface area contributed by atoms with Gasteiger partial charge >= 0.3 is 0 Å². The summed E-state index contributed by atoms with van der Waals surface area (Å²) >= 11 is 1.65. The van der Waals surface area contributed by atoms with Crippen molar-refractivity contribution in [3.63, 3.8) is 0 Å². The van der Waals surface area contributed by atoms with Gasteiger partial charge in [-0.15, -0.1) is 0 Å². The Morgan fingerprint density at radius 3 is 2.05 bits per heavy atom. The highest BCUT2D eigenvalue weighted by molar-refractivity contribution is 8.03. The molecule has 2 heteroatoms. The van der Waals surface area contributed by atoms with Crippen molar-refractivity contribution in [1.29, 1.82) is 0 Å². The Balaban J connectivity index is 0. The number of hydrogen-bond donors (Lipinski definition) is 1. The van der Waals surface area contributed by atoms with E-state index in [0.29, 0.717) is 5.70 Å². The van der Waals surface area contributed by atoms with Crippen LogP contribution in [0.4, 0.5) is 0 Å². The molecule has 0 aliphatic rings. The Morgan fingerprint density at radius 2 is 1.71 bits per heavy atom. The van der Waals surface area contributed by atoms with Gasteiger partial charge in [0.05, 0.1) is 0 Å². The Hall–Kier alpha value is -1.41. The molecule has 0 bridgehead atoms. The van der Waals surface area contributed by atoms with Crippen molar-refractivity contribution < 1.29 is 0 Å². The summed E-state index contributed by atoms with van der Waals surface area (Å²) in [4.78, 5) is 2.21. The summed E-state index contributed by atoms with van der Waals surface area (Å²) in [6.07, 6.45) is 3.09. The highest BCUT2D eigenvalue weighted by Crippen LogP contribution is 2.32. The molecule has 0 saturated carbocycles. The highest BCUT2D eigenvalue weighted by atomic mass is 32.2. The first-order valence-electron chi connectivity index (χ1n) is 7.42. The molecule has 0 unspecified atom stereocenters. The van der Waals surface area contributed by atoms with Crippen LogP contribution in [0.15, 0.2) is 41.7 Å². The van der Waals surface area contributed by atoms with Crippen molar-refractivity contribution in [2.24, 2.45) is 5.73 Å². The molecule has 0 aliphatic heterocycles. The quantitative estimate of drug-likeness (QED) is 0.631. The van der Waals surface area contributed by atoms with Crippen LogP contribution in [-0.2, 0) is 0 Å². The van der Waals surface area contributed by atoms with Gasteiger partial charge in [0.1, 0.15) is 0 Å². The van der Waals surface area contributed by atoms with Gasteiger partial charge in [0.15, 0.2) is 0 Å². The summed E-state index contributed by atoms with van der Waals surface area (Å²) in [6, 6.07) is 4.05. The molecule has 0 amide bonds. The van der Waals surface area contributed by atoms with Crippen LogP contribution in [0.3, 0.4) is 0 Å². The zero-order valence-electron chi connectivity index (χ0n) is 14.5. The minimum absolute atomic E-state index is 0.576. The monoisotopic (exact) mass is 305 g/mol. The van der Waals surface area contributed by atoms with Gasteiger partial charge < -0.3 is 5.73 Å². The third-order valence-electron chi connectivity index (χ3n) is 2.28. The Labute approximate surface area is 136 Å². The number of nitrogens with two attached hydrogens (primary N) is 1. The molecule has 0 atom stereocenters. The molecular formula is C19H31NS. The van der Waals surface area contributed by atoms with Gasteiger partial charge in [-0.3, -0.25) is 0 Å². The van der Waals surface area contributed by atoms with Gasteiger partial charge in [-0.05, 0) is 47.6 Å². The standard InChI is InChI=1S/C14H17NS.C3H8.C2H6/c1-6-12-7-13(11(5)15)8-14(10(12)4)16-9(2)3;1-3-2;1-2/h6-8H,1-2,5,15H2,3-4H3;3H2,1-2H3;1-2H3. The normalized spacial score (nSPS) is 8.67. The van der Waals surface area contributed by atoms with E-state index in [1.54, 1.807) is 11.8 Å². The highest BCUT2D eigenvalue weighted by Gasteiger charge is 2.07. The van der Waals surface area contributed by atoms with Crippen LogP contribution in [0, 0.1) is 6.92 Å². The average molecular weight is 306 g/mol. The summed E-state index contributed by atoms with van der Waals surface area (Å²) in [7, 11) is 0. The maximum atomic E-state index is 5.73. The minimum Gasteiger partial charge on any atom is -0.399 e. The van der Waals surface area contributed by atoms with Gasteiger partial charge in [-0.25, -0.2) is 0 Å². The Morgan fingerprint density at radius 1 is 1.24 bits per heavy atom. The third-order valence-corrected chi connectivity index (χ3v) is 3.27. The van der Waals surface area contributed by atoms with E-state index in [4.69, 9.17) is 5.73 Å². The molecule has 2 N–H and O–H groups in total. The number of hydrogen-bond acceptors (Lipinski definition) is 2. The van der Waals surface area contributed by atoms with Crippen LogP contribution >= 0.6 is 11.8 Å². The molecular weight excluding hydrogens is 274 g/mol. The minimum atomic E-state index is 0.576. The zero-order chi connectivity index (χ0) is 17.0. The summed E-state index contributed by atoms with van der Waals surface area (Å²) in [5, 5.41) is 0. The van der Waals surface area contributed by atoms with Gasteiger partial charge in [-0.2, -0.15) is 0 Å². The van der Waals surface area contributed by atoms with Crippen molar-refractivity contribution in [2.45, 2.75) is 52.9 Å². The smallest absolute Gasteiger partial charge is 0.0315 e. The zero-order valence-corrected chi connectivity index (χ0v) is 15.4. The summed E-state index contributed by atoms with van der Waals surface area (Å²) in [5.74, 6) is 0. The summed E-state index contributed by atoms with van der Waals surface area (Å²) < 4.78 is 0. The molecule has 1 aromatic carbocycles. The van der Waals surface area contributed by atoms with Gasteiger partial charge in [-0.1, -0.05) is 71.7 Å². The average Bonchev–Trinajstić information content (AvgIpc) is 2.43. The number of allylic oxidation sites excluding steroid dienone is 1. The largest absolute Gasteiger partial charge is 0.399 e. The first-order valence-corrected chi connectivity index (χ1v) is 8.24. The molecule has 0 aliphatic carbocycles. The van der Waals surface area contributed by atoms with Gasteiger partial charge in [0.25, 0.3) is 0 Å². The molecule has 118 valence electrons. The second kappa shape index (κ2) is 12.3. The second-order valence-corrected chi connectivity index (χ2v) is 5.77. The van der Waals surface area contributed by atoms with Crippen molar-refractivity contribution in [1.82, 2.24) is 0 Å². The first kappa shape index (κ1) is 21.9. The number of rotatable bonds is 4. The molecule has 1 rings (SSSR count). The maximum absolute atomic E-state index is 5.73. The fourth-order valence-electron chi connectivity index (χ4n) is 1.40. The summed E-state index contributed by atoms with van der Waals surface area (Å²) in [5.41, 5.74) is 9.54. The van der Waals surface area contributed by atoms with Crippen molar-refractivity contribution in [2.75, 3.05) is 0 Å². The predicted molar refractivity (Wildman–Crippen MR) is 102 cm³/mol. The number of benzene rings is 1. The van der Waals surface area contributed by atoms with E-state index in [0.717, 1.165) is 20.9 Å². The predicted octanol–water partition coefficient (Wildman–Crippen LogP) is 6.64. The molecule has 1 aromatic rings. The van der Waals surface area contributed by atoms with E-state index < -0.39 is 0 Å². The van der Waals surface area contributed by atoms with E-state index in [1.165, 1.54) is 12.0 Å². The van der Waals surface area contributed by atoms with E-state index >= 15 is 0 Å². The van der Waals surface area contributed by atoms with E-state index in [2.05, 4.69) is 40.5 Å². The maximum Gasteiger partial charge on any atom is 0.0315 e. The molecule has 21 heavy (non-hydrogen) atoms. The number of thioether (sulfide) groups is 1. The molecule has 0 heterocycles. The lowest BCUT2D eigenvalue weighted by Crippen LogP contribution is -1.97. The topological polar surface area (TPSA) is 26.0 Å². The SMILES string of the molecule is C=Cc1cc(C(=C)N)cc(SC(=C)C)c1C.CC.CCC. The van der Waals surface area contributed by atoms with Crippen LogP contribution in [0.2, 0.25) is 0 Å². The molecule has 1 nitrogen and oxygen atoms in total. The fraction of sp³-hybridized carbons (Fsp3) is 0.368. The Kier molecular flexibility index (Phi) is 12.9. The van der Waals surface area contributed by atoms with E-state index in [1.807, 2.05) is 39.0 Å². The molecule has 0 fully saturated rings. The first-order chi connectivity index (χ1) is 9.87. The van der Waals surface area contributed by atoms with Crippen LogP contribution in [0.5, 0.6) is 0 Å². The van der Waals surface area contributed by atoms with Crippen molar-refractivity contribution in [3.8, 4) is 0 Å². The lowest BCUT2D eigenvalue weighted by molar-refractivity contribution is 1.09. The lowest BCUT2D eigenvalue weighted by atomic mass is 10.0. The van der Waals surface area contributed by atoms with Gasteiger partial charge in [0.2, 0.25) is 0 Å². The fourth-order valence-corrected chi connectivity index (χ4v) is 2.23. The van der Waals surface area contributed by atoms with Crippen LogP contribution in [0.25, 0.3) is 11.8 Å². The van der Waals surface area contributed by atoms with Crippen molar-refractivity contribution >= 4 is 23.5 Å². The van der Waals surface area contributed by atoms with Gasteiger partial charge in [0, 0.05) is 10.6 Å². The van der Waals surface area contributed by atoms with Crippen LogP contribution < -0.4 is 5.73 Å². The second-order valence-electron chi connectivity index (χ2n) is 4.43. The third kappa shape index (κ3) is 8.46. The Bertz CT molecular complexity index is 473. The van der Waals surface area contributed by atoms with Crippen LogP contribution in [-0.4, -0.2) is 0 Å².